The fourth-order valence-electron chi connectivity index (χ4n) is 1.02. The van der Waals surface area contributed by atoms with Crippen molar-refractivity contribution in [3.05, 3.63) is 30.1 Å². The van der Waals surface area contributed by atoms with E-state index >= 15 is 0 Å². The fourth-order valence-corrected chi connectivity index (χ4v) is 1.52. The highest BCUT2D eigenvalue weighted by atomic mass is 32.2. The van der Waals surface area contributed by atoms with Gasteiger partial charge in [-0.25, -0.2) is 0 Å². The third-order valence-corrected chi connectivity index (χ3v) is 2.54. The van der Waals surface area contributed by atoms with E-state index in [1.54, 1.807) is 29.1 Å². The highest BCUT2D eigenvalue weighted by molar-refractivity contribution is 7.85. The van der Waals surface area contributed by atoms with Gasteiger partial charge in [0.15, 0.2) is 19.1 Å². The van der Waals surface area contributed by atoms with E-state index in [4.69, 9.17) is 10.3 Å². The Morgan fingerprint density at radius 2 is 1.93 bits per heavy atom. The topological polar surface area (TPSA) is 84.3 Å². The first kappa shape index (κ1) is 11.1. The Morgan fingerprint density at radius 3 is 2.36 bits per heavy atom. The molecule has 0 unspecified atom stereocenters. The summed E-state index contributed by atoms with van der Waals surface area (Å²) >= 11 is 0. The molecule has 5 nitrogen and oxygen atoms in total. The summed E-state index contributed by atoms with van der Waals surface area (Å²) in [6.45, 7) is 0.387. The van der Waals surface area contributed by atoms with E-state index in [1.165, 1.54) is 0 Å². The number of aryl methyl sites for hydroxylation is 1. The Morgan fingerprint density at radius 1 is 1.36 bits per heavy atom. The number of hydrogen-bond acceptors (Lipinski definition) is 3. The largest absolute Gasteiger partial charge is 0.286 e. The van der Waals surface area contributed by atoms with Crippen molar-refractivity contribution in [1.82, 2.24) is 0 Å². The Kier molecular flexibility index (Phi) is 3.56. The molecule has 0 radical (unpaired) electrons. The maximum absolute atomic E-state index is 10.5. The maximum atomic E-state index is 10.5. The molecular formula is C8H13N2O3S+. The van der Waals surface area contributed by atoms with Crippen molar-refractivity contribution in [2.75, 3.05) is 5.75 Å². The number of pyridine rings is 1. The van der Waals surface area contributed by atoms with E-state index in [-0.39, 0.29) is 5.75 Å². The number of aromatic nitrogens is 1. The first-order valence-corrected chi connectivity index (χ1v) is 5.75. The van der Waals surface area contributed by atoms with Crippen LogP contribution in [0.15, 0.2) is 24.5 Å². The zero-order chi connectivity index (χ0) is 10.6. The van der Waals surface area contributed by atoms with Crippen molar-refractivity contribution in [3.8, 4) is 0 Å². The van der Waals surface area contributed by atoms with E-state index in [0.717, 1.165) is 5.56 Å². The lowest BCUT2D eigenvalue weighted by atomic mass is 10.2. The minimum absolute atomic E-state index is 0.250. The maximum Gasteiger partial charge on any atom is 0.265 e. The predicted octanol–water partition coefficient (Wildman–Crippen LogP) is -0.679. The van der Waals surface area contributed by atoms with Crippen LogP contribution in [0.3, 0.4) is 0 Å². The molecule has 1 rings (SSSR count). The van der Waals surface area contributed by atoms with E-state index in [0.29, 0.717) is 13.1 Å². The van der Waals surface area contributed by atoms with Crippen molar-refractivity contribution < 1.29 is 17.5 Å². The smallest absolute Gasteiger partial charge is 0.265 e. The van der Waals surface area contributed by atoms with Crippen LogP contribution in [-0.4, -0.2) is 18.7 Å². The molecule has 78 valence electrons. The molecule has 0 aliphatic carbocycles. The standard InChI is InChI=1S/C8H12N2O3S/c9-7-10-4-1-8(2-5-10)3-6-14(11,12)13/h1-2,4-5H,3,6-7,9H2/p+1. The second kappa shape index (κ2) is 4.50. The summed E-state index contributed by atoms with van der Waals surface area (Å²) in [7, 11) is -3.87. The molecular weight excluding hydrogens is 204 g/mol. The van der Waals surface area contributed by atoms with Gasteiger partial charge in [0.2, 0.25) is 0 Å². The minimum atomic E-state index is -3.87. The summed E-state index contributed by atoms with van der Waals surface area (Å²) in [6, 6.07) is 3.55. The first-order valence-electron chi connectivity index (χ1n) is 4.14. The van der Waals surface area contributed by atoms with Gasteiger partial charge in [0.05, 0.1) is 5.75 Å². The summed E-state index contributed by atoms with van der Waals surface area (Å²) in [5.74, 6) is -0.250. The molecule has 0 spiro atoms. The van der Waals surface area contributed by atoms with Crippen molar-refractivity contribution in [2.45, 2.75) is 13.1 Å². The molecule has 1 heterocycles. The molecule has 0 atom stereocenters. The zero-order valence-corrected chi connectivity index (χ0v) is 8.44. The van der Waals surface area contributed by atoms with E-state index in [9.17, 15) is 8.42 Å². The van der Waals surface area contributed by atoms with Crippen LogP contribution in [0.1, 0.15) is 5.56 Å². The predicted molar refractivity (Wildman–Crippen MR) is 50.9 cm³/mol. The van der Waals surface area contributed by atoms with Crippen molar-refractivity contribution in [3.63, 3.8) is 0 Å². The van der Waals surface area contributed by atoms with Crippen molar-refractivity contribution in [2.24, 2.45) is 5.73 Å². The van der Waals surface area contributed by atoms with Crippen LogP contribution < -0.4 is 10.3 Å². The lowest BCUT2D eigenvalue weighted by molar-refractivity contribution is -0.696. The third-order valence-electron chi connectivity index (χ3n) is 1.82. The van der Waals surface area contributed by atoms with Gasteiger partial charge in [0.1, 0.15) is 0 Å². The van der Waals surface area contributed by atoms with Gasteiger partial charge in [-0.1, -0.05) is 0 Å². The summed E-state index contributed by atoms with van der Waals surface area (Å²) in [6.07, 6.45) is 3.84. The molecule has 0 aliphatic rings. The van der Waals surface area contributed by atoms with Crippen LogP contribution in [-0.2, 0) is 23.2 Å². The average Bonchev–Trinajstić information content (AvgIpc) is 2.14. The number of nitrogens with two attached hydrogens (primary N) is 1. The Hall–Kier alpha value is -0.980. The second-order valence-corrected chi connectivity index (χ2v) is 4.51. The fraction of sp³-hybridized carbons (Fsp3) is 0.375. The van der Waals surface area contributed by atoms with Crippen LogP contribution in [0.5, 0.6) is 0 Å². The first-order chi connectivity index (χ1) is 6.51. The zero-order valence-electron chi connectivity index (χ0n) is 7.63. The summed E-state index contributed by atoms with van der Waals surface area (Å²) < 4.78 is 31.2. The van der Waals surface area contributed by atoms with E-state index in [1.807, 2.05) is 0 Å². The van der Waals surface area contributed by atoms with Gasteiger partial charge in [-0.2, -0.15) is 13.0 Å². The molecule has 0 fully saturated rings. The minimum Gasteiger partial charge on any atom is -0.286 e. The summed E-state index contributed by atoms with van der Waals surface area (Å²) in [5, 5.41) is 0. The molecule has 0 bridgehead atoms. The quantitative estimate of drug-likeness (QED) is 0.517. The average molecular weight is 217 g/mol. The van der Waals surface area contributed by atoms with Gasteiger partial charge in [0, 0.05) is 12.1 Å². The molecule has 3 N–H and O–H groups in total. The number of nitrogens with zero attached hydrogens (tertiary/aromatic N) is 1. The molecule has 1 aromatic rings. The third kappa shape index (κ3) is 3.82. The Bertz CT molecular complexity index is 386. The van der Waals surface area contributed by atoms with Gasteiger partial charge in [-0.3, -0.25) is 10.3 Å². The number of rotatable bonds is 4. The highest BCUT2D eigenvalue weighted by Gasteiger charge is 2.05. The normalized spacial score (nSPS) is 11.6. The molecule has 6 heteroatoms. The van der Waals surface area contributed by atoms with Gasteiger partial charge in [-0.15, -0.1) is 0 Å². The van der Waals surface area contributed by atoms with E-state index in [2.05, 4.69) is 0 Å². The molecule has 0 aromatic carbocycles. The van der Waals surface area contributed by atoms with Crippen LogP contribution in [0, 0.1) is 0 Å². The van der Waals surface area contributed by atoms with Crippen LogP contribution in [0.2, 0.25) is 0 Å². The lowest BCUT2D eigenvalue weighted by Gasteiger charge is -1.97. The van der Waals surface area contributed by atoms with E-state index < -0.39 is 10.1 Å². The van der Waals surface area contributed by atoms with Gasteiger partial charge < -0.3 is 0 Å². The second-order valence-electron chi connectivity index (χ2n) is 2.94. The Balaban J connectivity index is 2.61. The molecule has 0 amide bonds. The van der Waals surface area contributed by atoms with Crippen molar-refractivity contribution >= 4 is 10.1 Å². The Labute approximate surface area is 82.9 Å². The van der Waals surface area contributed by atoms with Gasteiger partial charge in [-0.05, 0) is 12.0 Å². The van der Waals surface area contributed by atoms with Crippen molar-refractivity contribution in [1.29, 1.82) is 0 Å². The summed E-state index contributed by atoms with van der Waals surface area (Å²) in [4.78, 5) is 0. The number of hydrogen-bond donors (Lipinski definition) is 2. The molecule has 1 aromatic heterocycles. The highest BCUT2D eigenvalue weighted by Crippen LogP contribution is 1.98. The SMILES string of the molecule is NC[n+]1ccc(CCS(=O)(=O)O)cc1. The van der Waals surface area contributed by atoms with Crippen LogP contribution in [0.25, 0.3) is 0 Å². The van der Waals surface area contributed by atoms with Crippen LogP contribution in [0.4, 0.5) is 0 Å². The molecule has 14 heavy (non-hydrogen) atoms. The van der Waals surface area contributed by atoms with Gasteiger partial charge in [0.25, 0.3) is 10.1 Å². The van der Waals surface area contributed by atoms with Crippen LogP contribution >= 0.6 is 0 Å². The molecule has 0 aliphatic heterocycles. The van der Waals surface area contributed by atoms with Gasteiger partial charge >= 0.3 is 0 Å². The summed E-state index contributed by atoms with van der Waals surface area (Å²) in [5.41, 5.74) is 6.22. The molecule has 0 saturated carbocycles. The molecule has 0 saturated heterocycles. The monoisotopic (exact) mass is 217 g/mol. The lowest BCUT2D eigenvalue weighted by Crippen LogP contribution is -2.37.